The fourth-order valence-electron chi connectivity index (χ4n) is 1.58. The molecule has 0 fully saturated rings. The topological polar surface area (TPSA) is 68.9 Å². The van der Waals surface area contributed by atoms with E-state index in [1.807, 2.05) is 0 Å². The number of nitrogens with zero attached hydrogens (tertiary/aromatic N) is 3. The number of nitro groups is 1. The van der Waals surface area contributed by atoms with E-state index >= 15 is 0 Å². The summed E-state index contributed by atoms with van der Waals surface area (Å²) in [5.41, 5.74) is 1.76. The normalized spacial score (nSPS) is 10.8. The van der Waals surface area contributed by atoms with E-state index in [1.54, 1.807) is 19.9 Å². The number of fused-ring (bicyclic) bond motifs is 1. The molecule has 7 heteroatoms. The van der Waals surface area contributed by atoms with Crippen molar-refractivity contribution >= 4 is 39.9 Å². The van der Waals surface area contributed by atoms with Gasteiger partial charge in [-0.2, -0.15) is 0 Å². The second-order valence-electron chi connectivity index (χ2n) is 3.60. The summed E-state index contributed by atoms with van der Waals surface area (Å²) in [6.45, 7) is 3.43. The Balaban J connectivity index is 2.98. The van der Waals surface area contributed by atoms with Gasteiger partial charge in [0.2, 0.25) is 0 Å². The maximum absolute atomic E-state index is 11.0. The van der Waals surface area contributed by atoms with Crippen LogP contribution in [-0.2, 0) is 0 Å². The Bertz CT molecular complexity index is 638. The molecule has 0 unspecified atom stereocenters. The molecular formula is C10H7Cl2N3O2. The van der Waals surface area contributed by atoms with E-state index in [4.69, 9.17) is 23.2 Å². The Morgan fingerprint density at radius 1 is 1.24 bits per heavy atom. The van der Waals surface area contributed by atoms with Crippen molar-refractivity contribution in [1.82, 2.24) is 9.97 Å². The van der Waals surface area contributed by atoms with E-state index in [-0.39, 0.29) is 21.5 Å². The SMILES string of the molecule is Cc1cc2nc(Cl)c(Cl)nc2c([N+](=O)[O-])c1C. The van der Waals surface area contributed by atoms with E-state index in [9.17, 15) is 10.1 Å². The van der Waals surface area contributed by atoms with E-state index < -0.39 is 4.92 Å². The molecule has 0 saturated carbocycles. The first kappa shape index (κ1) is 12.0. The summed E-state index contributed by atoms with van der Waals surface area (Å²) in [7, 11) is 0. The second kappa shape index (κ2) is 4.09. The molecule has 0 spiro atoms. The van der Waals surface area contributed by atoms with Gasteiger partial charge in [-0.05, 0) is 25.5 Å². The van der Waals surface area contributed by atoms with Gasteiger partial charge in [0.15, 0.2) is 15.8 Å². The Kier molecular flexibility index (Phi) is 2.89. The number of rotatable bonds is 1. The fourth-order valence-corrected chi connectivity index (χ4v) is 1.84. The zero-order valence-electron chi connectivity index (χ0n) is 8.99. The first-order valence-corrected chi connectivity index (χ1v) is 5.44. The van der Waals surface area contributed by atoms with Crippen LogP contribution in [0.3, 0.4) is 0 Å². The molecule has 1 aromatic heterocycles. The Morgan fingerprint density at radius 2 is 1.82 bits per heavy atom. The highest BCUT2D eigenvalue weighted by Crippen LogP contribution is 2.32. The number of nitro benzene ring substituents is 1. The van der Waals surface area contributed by atoms with Gasteiger partial charge in [0.1, 0.15) is 0 Å². The summed E-state index contributed by atoms with van der Waals surface area (Å²) in [6.07, 6.45) is 0. The smallest absolute Gasteiger partial charge is 0.258 e. The van der Waals surface area contributed by atoms with Crippen molar-refractivity contribution in [2.75, 3.05) is 0 Å². The van der Waals surface area contributed by atoms with Crippen molar-refractivity contribution in [2.45, 2.75) is 13.8 Å². The predicted octanol–water partition coefficient (Wildman–Crippen LogP) is 3.46. The summed E-state index contributed by atoms with van der Waals surface area (Å²) in [6, 6.07) is 1.70. The maximum Gasteiger partial charge on any atom is 0.300 e. The van der Waals surface area contributed by atoms with Crippen molar-refractivity contribution in [2.24, 2.45) is 0 Å². The quantitative estimate of drug-likeness (QED) is 0.588. The number of hydrogen-bond donors (Lipinski definition) is 0. The van der Waals surface area contributed by atoms with Crippen LogP contribution in [0, 0.1) is 24.0 Å². The first-order chi connectivity index (χ1) is 7.91. The van der Waals surface area contributed by atoms with Crippen molar-refractivity contribution in [1.29, 1.82) is 0 Å². The fraction of sp³-hybridized carbons (Fsp3) is 0.200. The highest BCUT2D eigenvalue weighted by molar-refractivity contribution is 6.40. The molecular weight excluding hydrogens is 265 g/mol. The van der Waals surface area contributed by atoms with Crippen LogP contribution in [0.1, 0.15) is 11.1 Å². The van der Waals surface area contributed by atoms with Crippen molar-refractivity contribution < 1.29 is 4.92 Å². The van der Waals surface area contributed by atoms with Gasteiger partial charge in [0.25, 0.3) is 5.69 Å². The molecule has 5 nitrogen and oxygen atoms in total. The minimum Gasteiger partial charge on any atom is -0.258 e. The average molecular weight is 272 g/mol. The maximum atomic E-state index is 11.0. The Morgan fingerprint density at radius 3 is 2.41 bits per heavy atom. The Labute approximate surface area is 107 Å². The third-order valence-corrected chi connectivity index (χ3v) is 3.17. The van der Waals surface area contributed by atoms with Gasteiger partial charge in [-0.3, -0.25) is 10.1 Å². The number of aryl methyl sites for hydroxylation is 1. The van der Waals surface area contributed by atoms with Crippen LogP contribution in [-0.4, -0.2) is 14.9 Å². The zero-order chi connectivity index (χ0) is 12.7. The average Bonchev–Trinajstić information content (AvgIpc) is 2.23. The molecule has 0 atom stereocenters. The molecule has 0 aliphatic heterocycles. The van der Waals surface area contributed by atoms with Crippen molar-refractivity contribution in [3.05, 3.63) is 37.6 Å². The standard InChI is InChI=1S/C10H7Cl2N3O2/c1-4-3-6-7(8(5(4)2)15(16)17)14-10(12)9(11)13-6/h3H,1-2H3. The monoisotopic (exact) mass is 271 g/mol. The van der Waals surface area contributed by atoms with Crippen LogP contribution in [0.2, 0.25) is 10.3 Å². The van der Waals surface area contributed by atoms with Gasteiger partial charge in [0.05, 0.1) is 10.4 Å². The van der Waals surface area contributed by atoms with Gasteiger partial charge in [0, 0.05) is 5.56 Å². The Hall–Kier alpha value is -1.46. The third kappa shape index (κ3) is 1.92. The predicted molar refractivity (Wildman–Crippen MR) is 65.7 cm³/mol. The first-order valence-electron chi connectivity index (χ1n) is 4.69. The third-order valence-electron chi connectivity index (χ3n) is 2.55. The molecule has 0 amide bonds. The molecule has 1 heterocycles. The molecule has 88 valence electrons. The number of halogens is 2. The molecule has 0 aliphatic rings. The lowest BCUT2D eigenvalue weighted by Crippen LogP contribution is -1.99. The molecule has 0 N–H and O–H groups in total. The minimum atomic E-state index is -0.483. The summed E-state index contributed by atoms with van der Waals surface area (Å²) < 4.78 is 0. The lowest BCUT2D eigenvalue weighted by Gasteiger charge is -2.06. The van der Waals surface area contributed by atoms with Crippen molar-refractivity contribution in [3.8, 4) is 0 Å². The molecule has 0 aliphatic carbocycles. The van der Waals surface area contributed by atoms with E-state index in [1.165, 1.54) is 0 Å². The molecule has 0 bridgehead atoms. The molecule has 1 aromatic carbocycles. The van der Waals surface area contributed by atoms with Crippen LogP contribution in [0.25, 0.3) is 11.0 Å². The summed E-state index contributed by atoms with van der Waals surface area (Å²) in [4.78, 5) is 18.5. The molecule has 0 saturated heterocycles. The number of hydrogen-bond acceptors (Lipinski definition) is 4. The minimum absolute atomic E-state index is 0.0366. The van der Waals surface area contributed by atoms with Gasteiger partial charge >= 0.3 is 0 Å². The van der Waals surface area contributed by atoms with Crippen LogP contribution >= 0.6 is 23.2 Å². The van der Waals surface area contributed by atoms with Crippen LogP contribution in [0.15, 0.2) is 6.07 Å². The van der Waals surface area contributed by atoms with E-state index in [0.29, 0.717) is 11.1 Å². The van der Waals surface area contributed by atoms with E-state index in [2.05, 4.69) is 9.97 Å². The van der Waals surface area contributed by atoms with Crippen LogP contribution < -0.4 is 0 Å². The number of benzene rings is 1. The molecule has 0 radical (unpaired) electrons. The van der Waals surface area contributed by atoms with Crippen LogP contribution in [0.4, 0.5) is 5.69 Å². The largest absolute Gasteiger partial charge is 0.300 e. The lowest BCUT2D eigenvalue weighted by molar-refractivity contribution is -0.383. The van der Waals surface area contributed by atoms with Gasteiger partial charge in [-0.1, -0.05) is 23.2 Å². The molecule has 17 heavy (non-hydrogen) atoms. The lowest BCUT2D eigenvalue weighted by atomic mass is 10.1. The van der Waals surface area contributed by atoms with Gasteiger partial charge in [-0.15, -0.1) is 0 Å². The zero-order valence-corrected chi connectivity index (χ0v) is 10.5. The summed E-state index contributed by atoms with van der Waals surface area (Å²) in [5.74, 6) is 0. The highest BCUT2D eigenvalue weighted by atomic mass is 35.5. The van der Waals surface area contributed by atoms with Crippen molar-refractivity contribution in [3.63, 3.8) is 0 Å². The number of aromatic nitrogens is 2. The van der Waals surface area contributed by atoms with E-state index in [0.717, 1.165) is 5.56 Å². The highest BCUT2D eigenvalue weighted by Gasteiger charge is 2.21. The summed E-state index contributed by atoms with van der Waals surface area (Å²) >= 11 is 11.5. The molecule has 2 aromatic rings. The molecule has 2 rings (SSSR count). The summed E-state index contributed by atoms with van der Waals surface area (Å²) in [5, 5.41) is 11.0. The van der Waals surface area contributed by atoms with Gasteiger partial charge in [-0.25, -0.2) is 9.97 Å². The second-order valence-corrected chi connectivity index (χ2v) is 4.31. The van der Waals surface area contributed by atoms with Crippen LogP contribution in [0.5, 0.6) is 0 Å². The van der Waals surface area contributed by atoms with Gasteiger partial charge < -0.3 is 0 Å².